The van der Waals surface area contributed by atoms with Crippen LogP contribution in [0.4, 0.5) is 0 Å². The van der Waals surface area contributed by atoms with E-state index in [1.165, 1.54) is 24.2 Å². The van der Waals surface area contributed by atoms with Crippen LogP contribution in [0, 0.1) is 0 Å². The van der Waals surface area contributed by atoms with Crippen molar-refractivity contribution in [2.45, 2.75) is 62.6 Å². The summed E-state index contributed by atoms with van der Waals surface area (Å²) in [5, 5.41) is 0. The summed E-state index contributed by atoms with van der Waals surface area (Å²) in [5.41, 5.74) is 6.28. The molecule has 1 saturated heterocycles. The lowest BCUT2D eigenvalue weighted by Crippen LogP contribution is -2.45. The molecule has 0 unspecified atom stereocenters. The molecule has 1 aliphatic heterocycles. The molecule has 1 aromatic rings. The van der Waals surface area contributed by atoms with Gasteiger partial charge < -0.3 is 5.73 Å². The van der Waals surface area contributed by atoms with E-state index in [0.29, 0.717) is 6.04 Å². The molecule has 1 aliphatic rings. The summed E-state index contributed by atoms with van der Waals surface area (Å²) in [4.78, 5) is 3.97. The molecule has 2 N–H and O–H groups in total. The number of hydrogen-bond acceptors (Lipinski definition) is 3. The largest absolute Gasteiger partial charge is 0.327 e. The van der Waals surface area contributed by atoms with E-state index in [4.69, 9.17) is 5.73 Å². The van der Waals surface area contributed by atoms with Crippen molar-refractivity contribution in [3.8, 4) is 0 Å². The number of nitrogens with zero attached hydrogens (tertiary/aromatic N) is 1. The van der Waals surface area contributed by atoms with Gasteiger partial charge in [-0.15, -0.1) is 11.8 Å². The number of rotatable bonds is 6. The third kappa shape index (κ3) is 4.80. The standard InChI is InChI=1S/C17H28N2S/c1-14-7-6-8-15(2)19(14)12-11-16(18)13-20-17-9-4-3-5-10-17/h3-5,9-10,14-16H,6-8,11-13,18H2,1-2H3/t14-,15+,16-/m1/s1. The maximum absolute atomic E-state index is 6.28. The highest BCUT2D eigenvalue weighted by molar-refractivity contribution is 7.99. The van der Waals surface area contributed by atoms with Gasteiger partial charge in [-0.25, -0.2) is 0 Å². The van der Waals surface area contributed by atoms with Crippen LogP contribution in [0.1, 0.15) is 39.5 Å². The summed E-state index contributed by atoms with van der Waals surface area (Å²) in [7, 11) is 0. The van der Waals surface area contributed by atoms with E-state index in [1.54, 1.807) is 0 Å². The first kappa shape index (κ1) is 15.9. The van der Waals surface area contributed by atoms with Crippen molar-refractivity contribution in [1.29, 1.82) is 0 Å². The Morgan fingerprint density at radius 1 is 1.20 bits per heavy atom. The van der Waals surface area contributed by atoms with Gasteiger partial charge in [0, 0.05) is 35.3 Å². The molecule has 1 fully saturated rings. The average Bonchev–Trinajstić information content (AvgIpc) is 2.46. The van der Waals surface area contributed by atoms with Gasteiger partial charge in [0.25, 0.3) is 0 Å². The Morgan fingerprint density at radius 2 is 1.85 bits per heavy atom. The minimum absolute atomic E-state index is 0.293. The van der Waals surface area contributed by atoms with Crippen LogP contribution in [0.25, 0.3) is 0 Å². The van der Waals surface area contributed by atoms with E-state index in [9.17, 15) is 0 Å². The van der Waals surface area contributed by atoms with Gasteiger partial charge in [-0.05, 0) is 45.2 Å². The molecule has 0 aliphatic carbocycles. The van der Waals surface area contributed by atoms with Crippen molar-refractivity contribution >= 4 is 11.8 Å². The summed E-state index contributed by atoms with van der Waals surface area (Å²) in [6, 6.07) is 12.3. The molecule has 0 radical (unpaired) electrons. The highest BCUT2D eigenvalue weighted by atomic mass is 32.2. The number of hydrogen-bond donors (Lipinski definition) is 1. The van der Waals surface area contributed by atoms with Crippen molar-refractivity contribution in [3.63, 3.8) is 0 Å². The van der Waals surface area contributed by atoms with Gasteiger partial charge in [0.1, 0.15) is 0 Å². The van der Waals surface area contributed by atoms with Gasteiger partial charge in [-0.3, -0.25) is 4.90 Å². The second-order valence-corrected chi connectivity index (χ2v) is 7.13. The molecular weight excluding hydrogens is 264 g/mol. The second-order valence-electron chi connectivity index (χ2n) is 6.04. The smallest absolute Gasteiger partial charge is 0.0146 e. The predicted molar refractivity (Wildman–Crippen MR) is 89.2 cm³/mol. The molecule has 20 heavy (non-hydrogen) atoms. The zero-order valence-electron chi connectivity index (χ0n) is 12.8. The molecule has 1 aromatic carbocycles. The number of likely N-dealkylation sites (tertiary alicyclic amines) is 1. The Balaban J connectivity index is 1.70. The van der Waals surface area contributed by atoms with Crippen molar-refractivity contribution in [2.75, 3.05) is 12.3 Å². The molecule has 0 spiro atoms. The molecule has 0 amide bonds. The molecule has 0 bridgehead atoms. The van der Waals surface area contributed by atoms with Crippen molar-refractivity contribution < 1.29 is 0 Å². The monoisotopic (exact) mass is 292 g/mol. The molecule has 2 nitrogen and oxygen atoms in total. The summed E-state index contributed by atoms with van der Waals surface area (Å²) < 4.78 is 0. The first-order chi connectivity index (χ1) is 9.66. The van der Waals surface area contributed by atoms with Crippen molar-refractivity contribution in [2.24, 2.45) is 5.73 Å². The Labute approximate surface area is 128 Å². The number of nitrogens with two attached hydrogens (primary N) is 1. The molecule has 0 saturated carbocycles. The van der Waals surface area contributed by atoms with Crippen LogP contribution in [0.2, 0.25) is 0 Å². The van der Waals surface area contributed by atoms with E-state index >= 15 is 0 Å². The van der Waals surface area contributed by atoms with Crippen LogP contribution in [0.15, 0.2) is 35.2 Å². The molecule has 3 atom stereocenters. The molecule has 1 heterocycles. The van der Waals surface area contributed by atoms with Gasteiger partial charge in [0.05, 0.1) is 0 Å². The van der Waals surface area contributed by atoms with Gasteiger partial charge in [0.15, 0.2) is 0 Å². The summed E-state index contributed by atoms with van der Waals surface area (Å²) in [5.74, 6) is 1.01. The highest BCUT2D eigenvalue weighted by Crippen LogP contribution is 2.23. The van der Waals surface area contributed by atoms with E-state index in [1.807, 2.05) is 11.8 Å². The van der Waals surface area contributed by atoms with Crippen LogP contribution >= 0.6 is 11.8 Å². The van der Waals surface area contributed by atoms with Crippen molar-refractivity contribution in [1.82, 2.24) is 4.90 Å². The first-order valence-electron chi connectivity index (χ1n) is 7.86. The van der Waals surface area contributed by atoms with Crippen LogP contribution in [-0.2, 0) is 0 Å². The molecule has 2 rings (SSSR count). The Hall–Kier alpha value is -0.510. The van der Waals surface area contributed by atoms with Crippen LogP contribution in [-0.4, -0.2) is 35.3 Å². The predicted octanol–water partition coefficient (Wildman–Crippen LogP) is 3.76. The number of piperidine rings is 1. The lowest BCUT2D eigenvalue weighted by molar-refractivity contribution is 0.100. The fraction of sp³-hybridized carbons (Fsp3) is 0.647. The summed E-state index contributed by atoms with van der Waals surface area (Å²) in [6.45, 7) is 5.87. The Morgan fingerprint density at radius 3 is 2.50 bits per heavy atom. The lowest BCUT2D eigenvalue weighted by Gasteiger charge is -2.39. The third-order valence-electron chi connectivity index (χ3n) is 4.34. The molecule has 0 aromatic heterocycles. The zero-order chi connectivity index (χ0) is 14.4. The van der Waals surface area contributed by atoms with Gasteiger partial charge in [-0.2, -0.15) is 0 Å². The highest BCUT2D eigenvalue weighted by Gasteiger charge is 2.24. The zero-order valence-corrected chi connectivity index (χ0v) is 13.6. The second kappa shape index (κ2) is 8.06. The van der Waals surface area contributed by atoms with E-state index in [2.05, 4.69) is 49.1 Å². The number of benzene rings is 1. The minimum atomic E-state index is 0.293. The molecule has 3 heteroatoms. The fourth-order valence-electron chi connectivity index (χ4n) is 3.03. The van der Waals surface area contributed by atoms with Crippen LogP contribution < -0.4 is 5.73 Å². The molecular formula is C17H28N2S. The van der Waals surface area contributed by atoms with Crippen molar-refractivity contribution in [3.05, 3.63) is 30.3 Å². The maximum Gasteiger partial charge on any atom is 0.0146 e. The van der Waals surface area contributed by atoms with E-state index < -0.39 is 0 Å². The first-order valence-corrected chi connectivity index (χ1v) is 8.84. The van der Waals surface area contributed by atoms with E-state index in [-0.39, 0.29) is 0 Å². The number of thioether (sulfide) groups is 1. The third-order valence-corrected chi connectivity index (χ3v) is 5.54. The van der Waals surface area contributed by atoms with Gasteiger partial charge in [-0.1, -0.05) is 24.6 Å². The minimum Gasteiger partial charge on any atom is -0.327 e. The van der Waals surface area contributed by atoms with Crippen LogP contribution in [0.5, 0.6) is 0 Å². The normalized spacial score (nSPS) is 25.6. The topological polar surface area (TPSA) is 29.3 Å². The van der Waals surface area contributed by atoms with Gasteiger partial charge in [0.2, 0.25) is 0 Å². The summed E-state index contributed by atoms with van der Waals surface area (Å²) >= 11 is 1.87. The van der Waals surface area contributed by atoms with E-state index in [0.717, 1.165) is 30.8 Å². The SMILES string of the molecule is C[C@@H]1CCC[C@H](C)N1CC[C@@H](N)CSc1ccccc1. The Bertz CT molecular complexity index is 372. The average molecular weight is 292 g/mol. The summed E-state index contributed by atoms with van der Waals surface area (Å²) in [6.07, 6.45) is 5.18. The van der Waals surface area contributed by atoms with Crippen LogP contribution in [0.3, 0.4) is 0 Å². The molecule has 112 valence electrons. The quantitative estimate of drug-likeness (QED) is 0.810. The fourth-order valence-corrected chi connectivity index (χ4v) is 3.96. The van der Waals surface area contributed by atoms with Gasteiger partial charge >= 0.3 is 0 Å². The lowest BCUT2D eigenvalue weighted by atomic mass is 9.97. The Kier molecular flexibility index (Phi) is 6.40. The maximum atomic E-state index is 6.28.